The van der Waals surface area contributed by atoms with Crippen LogP contribution >= 0.6 is 15.9 Å². The highest BCUT2D eigenvalue weighted by molar-refractivity contribution is 9.10. The monoisotopic (exact) mass is 711 g/mol. The molecule has 0 radical (unpaired) electrons. The number of ether oxygens (including phenoxy) is 1. The minimum absolute atomic E-state index is 0.143. The van der Waals surface area contributed by atoms with Crippen LogP contribution in [0.5, 0.6) is 0 Å². The molecule has 0 bridgehead atoms. The topological polar surface area (TPSA) is 132 Å². The van der Waals surface area contributed by atoms with Crippen molar-refractivity contribution in [2.75, 3.05) is 18.5 Å². The second-order valence-electron chi connectivity index (χ2n) is 12.6. The van der Waals surface area contributed by atoms with Crippen LogP contribution in [-0.2, 0) is 27.3 Å². The Bertz CT molecular complexity index is 1940. The fraction of sp³-hybridized carbons (Fsp3) is 0.361. The van der Waals surface area contributed by atoms with Crippen LogP contribution in [0.1, 0.15) is 53.6 Å². The predicted molar refractivity (Wildman–Crippen MR) is 186 cm³/mol. The summed E-state index contributed by atoms with van der Waals surface area (Å²) in [5.41, 5.74) is 4.05. The number of aryl methyl sites for hydroxylation is 3. The maximum atomic E-state index is 14.4. The Hall–Kier alpha value is -4.55. The third-order valence-corrected chi connectivity index (χ3v) is 9.65. The standard InChI is InChI=1S/C36H38BrN7O4/c1-6-8-9-24-13-25(26-17-38-23(5)39-18-26)14-27-32(22(4)45)42-43(33(24)27)19-31(46)44-28(15-36(16-29(36)44)20-48-12-7-2)35(47)41-34-21(3)10-11-30(37)40-34/h6-7,10-11,13-14,17-18,28-29H,1-2,8-9,12,15-16,19-20H2,3-5H3,(H,40,41,47)/t28-,29+,36-/m0/s1. The van der Waals surface area contributed by atoms with Crippen LogP contribution in [0.2, 0.25) is 0 Å². The first-order valence-corrected chi connectivity index (χ1v) is 16.7. The van der Waals surface area contributed by atoms with Gasteiger partial charge in [-0.2, -0.15) is 5.10 Å². The van der Waals surface area contributed by atoms with Gasteiger partial charge in [0.1, 0.15) is 34.5 Å². The molecule has 11 nitrogen and oxygen atoms in total. The highest BCUT2D eigenvalue weighted by atomic mass is 79.9. The summed E-state index contributed by atoms with van der Waals surface area (Å²) in [5, 5.41) is 8.31. The van der Waals surface area contributed by atoms with E-state index in [1.54, 1.807) is 28.1 Å². The number of nitrogens with zero attached hydrogens (tertiary/aromatic N) is 6. The van der Waals surface area contributed by atoms with Gasteiger partial charge in [-0.15, -0.1) is 13.2 Å². The number of amides is 2. The van der Waals surface area contributed by atoms with Gasteiger partial charge in [-0.25, -0.2) is 15.0 Å². The lowest BCUT2D eigenvalue weighted by Crippen LogP contribution is -2.47. The quantitative estimate of drug-likeness (QED) is 0.0798. The van der Waals surface area contributed by atoms with E-state index in [2.05, 4.69) is 49.4 Å². The van der Waals surface area contributed by atoms with Crippen LogP contribution in [0.25, 0.3) is 22.0 Å². The third kappa shape index (κ3) is 6.46. The Balaban J connectivity index is 1.37. The molecule has 2 fully saturated rings. The number of piperidine rings is 1. The summed E-state index contributed by atoms with van der Waals surface area (Å²) in [4.78, 5) is 56.0. The fourth-order valence-electron chi connectivity index (χ4n) is 6.74. The van der Waals surface area contributed by atoms with Crippen LogP contribution in [0.3, 0.4) is 0 Å². The van der Waals surface area contributed by atoms with Crippen molar-refractivity contribution in [1.82, 2.24) is 29.6 Å². The smallest absolute Gasteiger partial charge is 0.248 e. The van der Waals surface area contributed by atoms with Crippen LogP contribution in [-0.4, -0.2) is 72.5 Å². The van der Waals surface area contributed by atoms with E-state index in [0.717, 1.165) is 28.7 Å². The lowest BCUT2D eigenvalue weighted by atomic mass is 9.97. The van der Waals surface area contributed by atoms with Gasteiger partial charge in [0.25, 0.3) is 0 Å². The normalized spacial score (nSPS) is 19.6. The largest absolute Gasteiger partial charge is 0.377 e. The number of rotatable bonds is 13. The lowest BCUT2D eigenvalue weighted by Gasteiger charge is -2.27. The molecule has 4 aromatic rings. The summed E-state index contributed by atoms with van der Waals surface area (Å²) < 4.78 is 8.07. The average molecular weight is 713 g/mol. The number of nitrogens with one attached hydrogen (secondary N) is 1. The Morgan fingerprint density at radius 1 is 1.10 bits per heavy atom. The molecule has 0 spiro atoms. The maximum absolute atomic E-state index is 14.4. The number of ketones is 1. The number of fused-ring (bicyclic) bond motifs is 2. The minimum Gasteiger partial charge on any atom is -0.377 e. The minimum atomic E-state index is -0.730. The highest BCUT2D eigenvalue weighted by Crippen LogP contribution is 2.60. The second-order valence-corrected chi connectivity index (χ2v) is 13.4. The summed E-state index contributed by atoms with van der Waals surface area (Å²) in [5.74, 6) is 0.316. The van der Waals surface area contributed by atoms with Gasteiger partial charge < -0.3 is 15.0 Å². The van der Waals surface area contributed by atoms with E-state index in [1.165, 1.54) is 6.92 Å². The van der Waals surface area contributed by atoms with Crippen LogP contribution in [0, 0.1) is 19.3 Å². The van der Waals surface area contributed by atoms with Crippen LogP contribution in [0.15, 0.2) is 66.6 Å². The SMILES string of the molecule is C=CCCc1cc(-c2cnc(C)nc2)cc2c(C(C)=O)nn(CC(=O)N3[C@H](C(=O)Nc4nc(Br)ccc4C)C[C@@]4(COCC=C)C[C@@H]34)c12. The summed E-state index contributed by atoms with van der Waals surface area (Å²) >= 11 is 3.38. The van der Waals surface area contributed by atoms with Gasteiger partial charge in [0, 0.05) is 41.7 Å². The molecule has 2 aliphatic rings. The van der Waals surface area contributed by atoms with E-state index in [9.17, 15) is 14.4 Å². The first-order valence-electron chi connectivity index (χ1n) is 15.9. The van der Waals surface area contributed by atoms with Crippen molar-refractivity contribution in [2.24, 2.45) is 5.41 Å². The Morgan fingerprint density at radius 3 is 2.58 bits per heavy atom. The molecule has 4 heterocycles. The van der Waals surface area contributed by atoms with Gasteiger partial charge >= 0.3 is 0 Å². The molecule has 248 valence electrons. The van der Waals surface area contributed by atoms with Gasteiger partial charge in [-0.3, -0.25) is 19.1 Å². The van der Waals surface area contributed by atoms with Crippen molar-refractivity contribution in [3.8, 4) is 11.1 Å². The van der Waals surface area contributed by atoms with Gasteiger partial charge in [-0.05, 0) is 90.4 Å². The molecule has 3 aromatic heterocycles. The van der Waals surface area contributed by atoms with Gasteiger partial charge in [-0.1, -0.05) is 18.2 Å². The predicted octanol–water partition coefficient (Wildman–Crippen LogP) is 5.79. The van der Waals surface area contributed by atoms with Gasteiger partial charge in [0.05, 0.1) is 18.7 Å². The molecule has 6 rings (SSSR count). The molecule has 12 heteroatoms. The molecule has 1 saturated carbocycles. The van der Waals surface area contributed by atoms with Gasteiger partial charge in [0.2, 0.25) is 11.8 Å². The molecule has 1 saturated heterocycles. The molecule has 48 heavy (non-hydrogen) atoms. The zero-order valence-electron chi connectivity index (χ0n) is 27.3. The number of carbonyl (C=O) groups excluding carboxylic acids is 3. The van der Waals surface area contributed by atoms with Gasteiger partial charge in [0.15, 0.2) is 5.78 Å². The number of allylic oxidation sites excluding steroid dienone is 1. The number of hydrogen-bond donors (Lipinski definition) is 1. The van der Waals surface area contributed by atoms with E-state index < -0.39 is 6.04 Å². The van der Waals surface area contributed by atoms with E-state index in [0.29, 0.717) is 59.6 Å². The van der Waals surface area contributed by atoms with Crippen molar-refractivity contribution in [3.63, 3.8) is 0 Å². The first kappa shape index (κ1) is 33.4. The number of Topliss-reactive ketones (excluding diaryl/α,β-unsaturated/α-hetero) is 1. The number of aromatic nitrogens is 5. The molecule has 1 N–H and O–H groups in total. The number of anilines is 1. The summed E-state index contributed by atoms with van der Waals surface area (Å²) in [6, 6.07) is 6.73. The van der Waals surface area contributed by atoms with E-state index in [4.69, 9.17) is 9.84 Å². The molecule has 3 atom stereocenters. The van der Waals surface area contributed by atoms with Crippen molar-refractivity contribution in [3.05, 3.63) is 89.2 Å². The second kappa shape index (κ2) is 13.5. The zero-order chi connectivity index (χ0) is 34.2. The highest BCUT2D eigenvalue weighted by Gasteiger charge is 2.67. The zero-order valence-corrected chi connectivity index (χ0v) is 28.9. The molecule has 0 unspecified atom stereocenters. The summed E-state index contributed by atoms with van der Waals surface area (Å²) in [7, 11) is 0. The Morgan fingerprint density at radius 2 is 1.88 bits per heavy atom. The fourth-order valence-corrected chi connectivity index (χ4v) is 7.05. The van der Waals surface area contributed by atoms with Crippen molar-refractivity contribution >= 4 is 50.2 Å². The number of halogens is 1. The molecular weight excluding hydrogens is 674 g/mol. The Kier molecular flexibility index (Phi) is 9.39. The number of carbonyl (C=O) groups is 3. The van der Waals surface area contributed by atoms with Crippen LogP contribution in [0.4, 0.5) is 5.82 Å². The molecule has 1 aliphatic carbocycles. The van der Waals surface area contributed by atoms with E-state index in [1.807, 2.05) is 44.2 Å². The van der Waals surface area contributed by atoms with E-state index in [-0.39, 0.29) is 41.3 Å². The lowest BCUT2D eigenvalue weighted by molar-refractivity contribution is -0.138. The Labute approximate surface area is 287 Å². The molecule has 2 amide bonds. The third-order valence-electron chi connectivity index (χ3n) is 9.21. The van der Waals surface area contributed by atoms with Crippen molar-refractivity contribution < 1.29 is 19.1 Å². The summed E-state index contributed by atoms with van der Waals surface area (Å²) in [6.45, 7) is 13.5. The van der Waals surface area contributed by atoms with E-state index >= 15 is 0 Å². The number of benzene rings is 1. The van der Waals surface area contributed by atoms with Crippen molar-refractivity contribution in [2.45, 2.75) is 65.1 Å². The molecule has 1 aromatic carbocycles. The van der Waals surface area contributed by atoms with Crippen molar-refractivity contribution in [1.29, 1.82) is 0 Å². The number of pyridine rings is 1. The molecule has 1 aliphatic heterocycles. The first-order chi connectivity index (χ1) is 23.0. The maximum Gasteiger partial charge on any atom is 0.248 e. The summed E-state index contributed by atoms with van der Waals surface area (Å²) in [6.07, 6.45) is 9.54. The average Bonchev–Trinajstić information content (AvgIpc) is 3.46. The number of hydrogen-bond acceptors (Lipinski definition) is 8. The van der Waals surface area contributed by atoms with Crippen LogP contribution < -0.4 is 5.32 Å². The number of likely N-dealkylation sites (tertiary alicyclic amines) is 1. The molecular formula is C36H38BrN7O4.